The summed E-state index contributed by atoms with van der Waals surface area (Å²) < 4.78 is 9.64. The van der Waals surface area contributed by atoms with Crippen molar-refractivity contribution in [3.8, 4) is 0 Å². The summed E-state index contributed by atoms with van der Waals surface area (Å²) in [6.07, 6.45) is -0.0399. The summed E-state index contributed by atoms with van der Waals surface area (Å²) in [5, 5.41) is 0. The molecule has 1 heterocycles. The standard InChI is InChI=1S/C10H17NO4/c1-4-11-6-7(2)15-10(13)8(11)5-9(12)14-3/h7-8H,4-6H2,1-3H3/t7-,8?/m0/s1. The summed E-state index contributed by atoms with van der Waals surface area (Å²) in [5.74, 6) is -0.717. The van der Waals surface area contributed by atoms with Crippen LogP contribution in [0, 0.1) is 0 Å². The molecule has 2 atom stereocenters. The van der Waals surface area contributed by atoms with Crippen LogP contribution >= 0.6 is 0 Å². The molecule has 0 N–H and O–H groups in total. The number of methoxy groups -OCH3 is 1. The minimum Gasteiger partial charge on any atom is -0.469 e. The van der Waals surface area contributed by atoms with E-state index in [2.05, 4.69) is 4.74 Å². The summed E-state index contributed by atoms with van der Waals surface area (Å²) in [4.78, 5) is 24.6. The van der Waals surface area contributed by atoms with Crippen molar-refractivity contribution in [1.29, 1.82) is 0 Å². The van der Waals surface area contributed by atoms with Crippen LogP contribution in [0.3, 0.4) is 0 Å². The van der Waals surface area contributed by atoms with E-state index in [1.54, 1.807) is 0 Å². The van der Waals surface area contributed by atoms with Crippen LogP contribution in [0.1, 0.15) is 20.3 Å². The second-order valence-corrected chi connectivity index (χ2v) is 3.63. The third-order valence-corrected chi connectivity index (χ3v) is 2.52. The van der Waals surface area contributed by atoms with Crippen molar-refractivity contribution in [2.24, 2.45) is 0 Å². The Labute approximate surface area is 89.3 Å². The van der Waals surface area contributed by atoms with Gasteiger partial charge >= 0.3 is 11.9 Å². The second-order valence-electron chi connectivity index (χ2n) is 3.63. The highest BCUT2D eigenvalue weighted by Crippen LogP contribution is 2.15. The van der Waals surface area contributed by atoms with Crippen molar-refractivity contribution < 1.29 is 19.1 Å². The summed E-state index contributed by atoms with van der Waals surface area (Å²) in [7, 11) is 1.31. The summed E-state index contributed by atoms with van der Waals surface area (Å²) >= 11 is 0. The lowest BCUT2D eigenvalue weighted by molar-refractivity contribution is -0.168. The van der Waals surface area contributed by atoms with E-state index >= 15 is 0 Å². The molecule has 0 amide bonds. The van der Waals surface area contributed by atoms with Gasteiger partial charge in [-0.25, -0.2) is 0 Å². The van der Waals surface area contributed by atoms with Gasteiger partial charge in [0.15, 0.2) is 0 Å². The topological polar surface area (TPSA) is 55.8 Å². The van der Waals surface area contributed by atoms with E-state index < -0.39 is 6.04 Å². The van der Waals surface area contributed by atoms with E-state index in [9.17, 15) is 9.59 Å². The SMILES string of the molecule is CCN1C[C@H](C)OC(=O)C1CC(=O)OC. The fourth-order valence-electron chi connectivity index (χ4n) is 1.72. The predicted molar refractivity (Wildman–Crippen MR) is 53.2 cm³/mol. The average Bonchev–Trinajstić information content (AvgIpc) is 2.21. The van der Waals surface area contributed by atoms with Crippen molar-refractivity contribution >= 4 is 11.9 Å². The number of ether oxygens (including phenoxy) is 2. The average molecular weight is 215 g/mol. The van der Waals surface area contributed by atoms with Crippen LogP contribution < -0.4 is 0 Å². The fraction of sp³-hybridized carbons (Fsp3) is 0.800. The lowest BCUT2D eigenvalue weighted by Crippen LogP contribution is -2.52. The highest BCUT2D eigenvalue weighted by Gasteiger charge is 2.35. The van der Waals surface area contributed by atoms with Crippen LogP contribution in [-0.2, 0) is 19.1 Å². The Hall–Kier alpha value is -1.10. The predicted octanol–water partition coefficient (Wildman–Crippen LogP) is 0.185. The minimum absolute atomic E-state index is 0.0654. The lowest BCUT2D eigenvalue weighted by Gasteiger charge is -2.35. The van der Waals surface area contributed by atoms with Gasteiger partial charge in [0, 0.05) is 6.54 Å². The lowest BCUT2D eigenvalue weighted by atomic mass is 10.1. The van der Waals surface area contributed by atoms with E-state index in [1.165, 1.54) is 7.11 Å². The molecule has 0 aromatic carbocycles. The Morgan fingerprint density at radius 2 is 2.33 bits per heavy atom. The molecule has 1 rings (SSSR count). The van der Waals surface area contributed by atoms with E-state index in [-0.39, 0.29) is 24.5 Å². The molecule has 1 aliphatic heterocycles. The maximum absolute atomic E-state index is 11.6. The van der Waals surface area contributed by atoms with Crippen LogP contribution in [0.15, 0.2) is 0 Å². The molecular weight excluding hydrogens is 198 g/mol. The third-order valence-electron chi connectivity index (χ3n) is 2.52. The number of cyclic esters (lactones) is 1. The number of nitrogens with zero attached hydrogens (tertiary/aromatic N) is 1. The van der Waals surface area contributed by atoms with Crippen molar-refractivity contribution in [3.05, 3.63) is 0 Å². The van der Waals surface area contributed by atoms with Crippen LogP contribution in [0.2, 0.25) is 0 Å². The van der Waals surface area contributed by atoms with Crippen molar-refractivity contribution in [1.82, 2.24) is 4.90 Å². The van der Waals surface area contributed by atoms with Gasteiger partial charge in [-0.15, -0.1) is 0 Å². The number of likely N-dealkylation sites (N-methyl/N-ethyl adjacent to an activating group) is 1. The molecular formula is C10H17NO4. The largest absolute Gasteiger partial charge is 0.469 e. The molecule has 86 valence electrons. The molecule has 0 aromatic heterocycles. The maximum Gasteiger partial charge on any atom is 0.324 e. The molecule has 5 heteroatoms. The van der Waals surface area contributed by atoms with Crippen LogP contribution in [-0.4, -0.2) is 49.2 Å². The van der Waals surface area contributed by atoms with Gasteiger partial charge in [-0.05, 0) is 13.5 Å². The molecule has 0 saturated carbocycles. The normalized spacial score (nSPS) is 27.3. The van der Waals surface area contributed by atoms with E-state index in [0.29, 0.717) is 6.54 Å². The summed E-state index contributed by atoms with van der Waals surface area (Å²) in [6, 6.07) is -0.487. The molecule has 0 bridgehead atoms. The number of hydrogen-bond donors (Lipinski definition) is 0. The van der Waals surface area contributed by atoms with Gasteiger partial charge in [0.1, 0.15) is 12.1 Å². The Balaban J connectivity index is 2.65. The number of carbonyl (C=O) groups is 2. The van der Waals surface area contributed by atoms with Crippen LogP contribution in [0.4, 0.5) is 0 Å². The van der Waals surface area contributed by atoms with Crippen LogP contribution in [0.25, 0.3) is 0 Å². The maximum atomic E-state index is 11.6. The molecule has 0 aliphatic carbocycles. The first-order valence-corrected chi connectivity index (χ1v) is 5.09. The quantitative estimate of drug-likeness (QED) is 0.629. The van der Waals surface area contributed by atoms with E-state index in [0.717, 1.165) is 6.54 Å². The molecule has 0 aromatic rings. The Kier molecular flexibility index (Phi) is 4.08. The number of esters is 2. The third kappa shape index (κ3) is 2.92. The fourth-order valence-corrected chi connectivity index (χ4v) is 1.72. The van der Waals surface area contributed by atoms with Gasteiger partial charge < -0.3 is 9.47 Å². The second kappa shape index (κ2) is 5.11. The summed E-state index contributed by atoms with van der Waals surface area (Å²) in [6.45, 7) is 5.19. The zero-order valence-electron chi connectivity index (χ0n) is 9.36. The summed E-state index contributed by atoms with van der Waals surface area (Å²) in [5.41, 5.74) is 0. The van der Waals surface area contributed by atoms with Gasteiger partial charge in [-0.1, -0.05) is 6.92 Å². The Morgan fingerprint density at radius 1 is 1.67 bits per heavy atom. The zero-order chi connectivity index (χ0) is 11.4. The van der Waals surface area contributed by atoms with E-state index in [1.807, 2.05) is 18.7 Å². The zero-order valence-corrected chi connectivity index (χ0v) is 9.36. The van der Waals surface area contributed by atoms with Crippen molar-refractivity contribution in [2.75, 3.05) is 20.2 Å². The molecule has 1 fully saturated rings. The Morgan fingerprint density at radius 3 is 2.87 bits per heavy atom. The number of hydrogen-bond acceptors (Lipinski definition) is 5. The smallest absolute Gasteiger partial charge is 0.324 e. The number of carbonyl (C=O) groups excluding carboxylic acids is 2. The minimum atomic E-state index is -0.487. The van der Waals surface area contributed by atoms with E-state index in [4.69, 9.17) is 4.74 Å². The van der Waals surface area contributed by atoms with Gasteiger partial charge in [0.05, 0.1) is 13.5 Å². The molecule has 5 nitrogen and oxygen atoms in total. The Bertz CT molecular complexity index is 254. The van der Waals surface area contributed by atoms with Gasteiger partial charge in [0.2, 0.25) is 0 Å². The van der Waals surface area contributed by atoms with Crippen molar-refractivity contribution in [3.63, 3.8) is 0 Å². The first-order chi connectivity index (χ1) is 7.08. The first kappa shape index (κ1) is 12.0. The van der Waals surface area contributed by atoms with Gasteiger partial charge in [-0.2, -0.15) is 0 Å². The molecule has 1 aliphatic rings. The molecule has 0 spiro atoms. The van der Waals surface area contributed by atoms with Crippen molar-refractivity contribution in [2.45, 2.75) is 32.4 Å². The van der Waals surface area contributed by atoms with Crippen LogP contribution in [0.5, 0.6) is 0 Å². The number of rotatable bonds is 3. The van der Waals surface area contributed by atoms with Gasteiger partial charge in [-0.3, -0.25) is 14.5 Å². The molecule has 1 unspecified atom stereocenters. The highest BCUT2D eigenvalue weighted by molar-refractivity contribution is 5.83. The highest BCUT2D eigenvalue weighted by atomic mass is 16.6. The number of morpholine rings is 1. The first-order valence-electron chi connectivity index (χ1n) is 5.09. The molecule has 0 radical (unpaired) electrons. The monoisotopic (exact) mass is 215 g/mol. The molecule has 15 heavy (non-hydrogen) atoms. The molecule has 1 saturated heterocycles. The van der Waals surface area contributed by atoms with Gasteiger partial charge in [0.25, 0.3) is 0 Å².